The molecule has 5 aromatic rings. The molecule has 1 N–H and O–H groups in total. The number of thiazole rings is 1. The normalized spacial score (nSPS) is 11.1. The Bertz CT molecular complexity index is 1310. The second-order valence-corrected chi connectivity index (χ2v) is 8.14. The highest BCUT2D eigenvalue weighted by Gasteiger charge is 2.20. The second-order valence-electron chi connectivity index (χ2n) is 6.34. The molecule has 0 bridgehead atoms. The molecule has 142 valence electrons. The lowest BCUT2D eigenvalue weighted by atomic mass is 10.1. The number of benzene rings is 1. The van der Waals surface area contributed by atoms with E-state index in [1.54, 1.807) is 24.3 Å². The van der Waals surface area contributed by atoms with E-state index in [1.165, 1.54) is 11.3 Å². The first-order valence-electron chi connectivity index (χ1n) is 8.82. The molecule has 0 saturated heterocycles. The third-order valence-corrected chi connectivity index (χ3v) is 6.08. The maximum absolute atomic E-state index is 13.1. The Labute approximate surface area is 173 Å². The highest BCUT2D eigenvalue weighted by molar-refractivity contribution is 7.16. The number of thiophene rings is 1. The minimum absolute atomic E-state index is 0.270. The molecule has 5 rings (SSSR count). The van der Waals surface area contributed by atoms with Gasteiger partial charge in [0.25, 0.3) is 11.6 Å². The van der Waals surface area contributed by atoms with Crippen LogP contribution in [0.5, 0.6) is 0 Å². The van der Waals surface area contributed by atoms with Crippen LogP contribution in [-0.2, 0) is 0 Å². The van der Waals surface area contributed by atoms with Crippen molar-refractivity contribution in [3.05, 3.63) is 70.5 Å². The maximum atomic E-state index is 13.1. The largest absolute Gasteiger partial charge is 0.335 e. The Morgan fingerprint density at radius 2 is 1.90 bits per heavy atom. The Morgan fingerprint density at radius 1 is 1.03 bits per heavy atom. The van der Waals surface area contributed by atoms with E-state index in [-0.39, 0.29) is 5.91 Å². The lowest BCUT2D eigenvalue weighted by molar-refractivity contribution is 0.102. The summed E-state index contributed by atoms with van der Waals surface area (Å²) in [5, 5.41) is 12.0. The third kappa shape index (κ3) is 3.32. The number of aryl methyl sites for hydroxylation is 1. The van der Waals surface area contributed by atoms with E-state index in [0.29, 0.717) is 33.2 Å². The van der Waals surface area contributed by atoms with Gasteiger partial charge < -0.3 is 4.52 Å². The quantitative estimate of drug-likeness (QED) is 0.409. The van der Waals surface area contributed by atoms with Crippen LogP contribution < -0.4 is 5.32 Å². The highest BCUT2D eigenvalue weighted by atomic mass is 32.1. The van der Waals surface area contributed by atoms with Gasteiger partial charge in [0.2, 0.25) is 0 Å². The zero-order valence-electron chi connectivity index (χ0n) is 15.2. The minimum Gasteiger partial charge on any atom is -0.335 e. The van der Waals surface area contributed by atoms with E-state index in [1.807, 2.05) is 53.2 Å². The molecule has 0 fully saturated rings. The fraction of sp³-hybridized carbons (Fsp3) is 0.0476. The van der Waals surface area contributed by atoms with Crippen molar-refractivity contribution < 1.29 is 9.32 Å². The van der Waals surface area contributed by atoms with Crippen molar-refractivity contribution in [1.82, 2.24) is 15.1 Å². The highest BCUT2D eigenvalue weighted by Crippen LogP contribution is 2.30. The van der Waals surface area contributed by atoms with Crippen molar-refractivity contribution in [2.75, 3.05) is 5.32 Å². The van der Waals surface area contributed by atoms with Gasteiger partial charge in [-0.25, -0.2) is 9.97 Å². The standard InChI is InChI=1S/C21H14N4O2S2/c1-12-18-14(10-15(22-20(18)27-25-12)13-6-3-2-4-7-13)19(26)24-21-23-16(11-29-21)17-8-5-9-28-17/h2-11H,1H3,(H,23,24,26). The van der Waals surface area contributed by atoms with E-state index in [0.717, 1.165) is 16.1 Å². The van der Waals surface area contributed by atoms with Crippen LogP contribution in [0.4, 0.5) is 5.13 Å². The number of carbonyl (C=O) groups excluding carboxylic acids is 1. The molecule has 0 unspecified atom stereocenters. The van der Waals surface area contributed by atoms with Crippen LogP contribution in [0.3, 0.4) is 0 Å². The molecule has 8 heteroatoms. The zero-order valence-corrected chi connectivity index (χ0v) is 16.9. The Kier molecular flexibility index (Phi) is 4.42. The van der Waals surface area contributed by atoms with Gasteiger partial charge in [-0.2, -0.15) is 0 Å². The summed E-state index contributed by atoms with van der Waals surface area (Å²) in [6.07, 6.45) is 0. The first kappa shape index (κ1) is 17.7. The number of aromatic nitrogens is 3. The monoisotopic (exact) mass is 418 g/mol. The molecule has 6 nitrogen and oxygen atoms in total. The number of nitrogens with one attached hydrogen (secondary N) is 1. The molecule has 0 saturated carbocycles. The van der Waals surface area contributed by atoms with Gasteiger partial charge in [0.05, 0.1) is 32.9 Å². The molecule has 1 amide bonds. The molecule has 0 radical (unpaired) electrons. The zero-order chi connectivity index (χ0) is 19.8. The molecule has 0 spiro atoms. The van der Waals surface area contributed by atoms with Crippen LogP contribution in [0.1, 0.15) is 16.1 Å². The second kappa shape index (κ2) is 7.23. The Morgan fingerprint density at radius 3 is 2.69 bits per heavy atom. The SMILES string of the molecule is Cc1noc2nc(-c3ccccc3)cc(C(=O)Nc3nc(-c4cccs4)cs3)c12. The molecule has 4 aromatic heterocycles. The van der Waals surface area contributed by atoms with Gasteiger partial charge in [-0.05, 0) is 24.4 Å². The van der Waals surface area contributed by atoms with Gasteiger partial charge in [-0.3, -0.25) is 10.1 Å². The van der Waals surface area contributed by atoms with E-state index >= 15 is 0 Å². The summed E-state index contributed by atoms with van der Waals surface area (Å²) in [5.41, 5.74) is 3.82. The average molecular weight is 419 g/mol. The fourth-order valence-corrected chi connectivity index (χ4v) is 4.53. The summed E-state index contributed by atoms with van der Waals surface area (Å²) in [6.45, 7) is 1.80. The van der Waals surface area contributed by atoms with Crippen molar-refractivity contribution in [3.8, 4) is 21.8 Å². The molecular formula is C21H14N4O2S2. The van der Waals surface area contributed by atoms with Crippen molar-refractivity contribution in [3.63, 3.8) is 0 Å². The molecule has 1 aromatic carbocycles. The number of carbonyl (C=O) groups is 1. The number of amides is 1. The number of hydrogen-bond acceptors (Lipinski definition) is 7. The smallest absolute Gasteiger partial charge is 0.259 e. The van der Waals surface area contributed by atoms with E-state index in [2.05, 4.69) is 20.4 Å². The van der Waals surface area contributed by atoms with Gasteiger partial charge in [0.15, 0.2) is 5.13 Å². The summed E-state index contributed by atoms with van der Waals surface area (Å²) in [6, 6.07) is 15.4. The number of rotatable bonds is 4. The van der Waals surface area contributed by atoms with Gasteiger partial charge in [-0.15, -0.1) is 22.7 Å². The number of hydrogen-bond donors (Lipinski definition) is 1. The van der Waals surface area contributed by atoms with Crippen LogP contribution in [0.15, 0.2) is 63.8 Å². The Balaban J connectivity index is 1.53. The van der Waals surface area contributed by atoms with E-state index in [4.69, 9.17) is 4.52 Å². The molecule has 29 heavy (non-hydrogen) atoms. The van der Waals surface area contributed by atoms with Crippen LogP contribution >= 0.6 is 22.7 Å². The first-order valence-corrected chi connectivity index (χ1v) is 10.6. The van der Waals surface area contributed by atoms with Crippen LogP contribution in [-0.4, -0.2) is 21.0 Å². The maximum Gasteiger partial charge on any atom is 0.259 e. The summed E-state index contributed by atoms with van der Waals surface area (Å²) in [7, 11) is 0. The van der Waals surface area contributed by atoms with Crippen LogP contribution in [0, 0.1) is 6.92 Å². The number of nitrogens with zero attached hydrogens (tertiary/aromatic N) is 3. The summed E-state index contributed by atoms with van der Waals surface area (Å²) in [5.74, 6) is -0.270. The van der Waals surface area contributed by atoms with Crippen LogP contribution in [0.2, 0.25) is 0 Å². The molecule has 0 atom stereocenters. The molecular weight excluding hydrogens is 404 g/mol. The molecule has 0 aliphatic heterocycles. The summed E-state index contributed by atoms with van der Waals surface area (Å²) < 4.78 is 5.35. The first-order chi connectivity index (χ1) is 14.2. The van der Waals surface area contributed by atoms with Gasteiger partial charge in [0, 0.05) is 10.9 Å². The topological polar surface area (TPSA) is 80.9 Å². The van der Waals surface area contributed by atoms with Gasteiger partial charge in [-0.1, -0.05) is 41.6 Å². The summed E-state index contributed by atoms with van der Waals surface area (Å²) >= 11 is 3.00. The van der Waals surface area contributed by atoms with E-state index in [9.17, 15) is 4.79 Å². The predicted molar refractivity (Wildman–Crippen MR) is 115 cm³/mol. The number of anilines is 1. The predicted octanol–water partition coefficient (Wildman–Crippen LogP) is 5.64. The number of pyridine rings is 1. The number of fused-ring (bicyclic) bond motifs is 1. The lowest BCUT2D eigenvalue weighted by Crippen LogP contribution is -2.13. The van der Waals surface area contributed by atoms with Crippen molar-refractivity contribution in [1.29, 1.82) is 0 Å². The van der Waals surface area contributed by atoms with E-state index < -0.39 is 0 Å². The third-order valence-electron chi connectivity index (χ3n) is 4.43. The van der Waals surface area contributed by atoms with Gasteiger partial charge in [0.1, 0.15) is 0 Å². The Hall–Kier alpha value is -3.36. The lowest BCUT2D eigenvalue weighted by Gasteiger charge is -2.06. The average Bonchev–Trinajstić information content (AvgIpc) is 3.49. The molecule has 4 heterocycles. The summed E-state index contributed by atoms with van der Waals surface area (Å²) in [4.78, 5) is 23.2. The van der Waals surface area contributed by atoms with Crippen molar-refractivity contribution >= 4 is 44.8 Å². The van der Waals surface area contributed by atoms with Crippen LogP contribution in [0.25, 0.3) is 32.9 Å². The van der Waals surface area contributed by atoms with Gasteiger partial charge >= 0.3 is 0 Å². The van der Waals surface area contributed by atoms with Crippen molar-refractivity contribution in [2.45, 2.75) is 6.92 Å². The van der Waals surface area contributed by atoms with Crippen molar-refractivity contribution in [2.24, 2.45) is 0 Å². The molecule has 0 aliphatic rings. The fourth-order valence-electron chi connectivity index (χ4n) is 3.06. The molecule has 0 aliphatic carbocycles. The minimum atomic E-state index is -0.270.